The van der Waals surface area contributed by atoms with Gasteiger partial charge in [0.25, 0.3) is 0 Å². The zero-order chi connectivity index (χ0) is 18.5. The quantitative estimate of drug-likeness (QED) is 0.554. The van der Waals surface area contributed by atoms with Crippen LogP contribution < -0.4 is 10.1 Å². The molecular formula is C17H22F5NO2. The molecule has 0 bridgehead atoms. The summed E-state index contributed by atoms with van der Waals surface area (Å²) < 4.78 is 68.0. The molecule has 25 heavy (non-hydrogen) atoms. The molecule has 2 N–H and O–H groups in total. The first-order valence-corrected chi connectivity index (χ1v) is 8.25. The van der Waals surface area contributed by atoms with Crippen LogP contribution in [0.25, 0.3) is 0 Å². The van der Waals surface area contributed by atoms with E-state index in [0.29, 0.717) is 30.8 Å². The van der Waals surface area contributed by atoms with Gasteiger partial charge in [-0.15, -0.1) is 0 Å². The van der Waals surface area contributed by atoms with Crippen LogP contribution in [0.5, 0.6) is 5.75 Å². The Morgan fingerprint density at radius 1 is 1.24 bits per heavy atom. The fraction of sp³-hybridized carbons (Fsp3) is 0.647. The third kappa shape index (κ3) is 7.15. The number of aliphatic hydroxyl groups is 1. The molecule has 1 saturated carbocycles. The van der Waals surface area contributed by atoms with Crippen molar-refractivity contribution in [3.05, 3.63) is 29.8 Å². The molecule has 3 nitrogen and oxygen atoms in total. The summed E-state index contributed by atoms with van der Waals surface area (Å²) in [6, 6.07) is 6.48. The van der Waals surface area contributed by atoms with E-state index < -0.39 is 24.9 Å². The summed E-state index contributed by atoms with van der Waals surface area (Å²) in [5.74, 6) is -2.05. The van der Waals surface area contributed by atoms with Crippen molar-refractivity contribution >= 4 is 0 Å². The molecule has 0 saturated heterocycles. The Kier molecular flexibility index (Phi) is 6.62. The maximum Gasteiger partial charge on any atom is 0.457 e. The Balaban J connectivity index is 1.80. The zero-order valence-corrected chi connectivity index (χ0v) is 13.7. The Labute approximate surface area is 143 Å². The van der Waals surface area contributed by atoms with Gasteiger partial charge < -0.3 is 9.84 Å². The van der Waals surface area contributed by atoms with Gasteiger partial charge in [0.05, 0.1) is 12.7 Å². The highest BCUT2D eigenvalue weighted by Gasteiger charge is 2.35. The van der Waals surface area contributed by atoms with Crippen molar-refractivity contribution in [2.24, 2.45) is 5.92 Å². The zero-order valence-electron chi connectivity index (χ0n) is 13.7. The molecule has 1 aliphatic carbocycles. The van der Waals surface area contributed by atoms with Crippen molar-refractivity contribution in [3.8, 4) is 5.75 Å². The van der Waals surface area contributed by atoms with Crippen LogP contribution in [0.2, 0.25) is 0 Å². The van der Waals surface area contributed by atoms with Crippen LogP contribution in [0.15, 0.2) is 24.3 Å². The highest BCUT2D eigenvalue weighted by molar-refractivity contribution is 5.29. The number of aliphatic hydroxyl groups excluding tert-OH is 1. The molecule has 1 aromatic carbocycles. The lowest BCUT2D eigenvalue weighted by Crippen LogP contribution is -2.32. The molecule has 8 heteroatoms. The summed E-state index contributed by atoms with van der Waals surface area (Å²) in [5.41, 5.74) is 0.455. The third-order valence-electron chi connectivity index (χ3n) is 4.31. The van der Waals surface area contributed by atoms with E-state index in [1.165, 1.54) is 5.32 Å². The van der Waals surface area contributed by atoms with Crippen LogP contribution in [-0.4, -0.2) is 30.5 Å². The fourth-order valence-electron chi connectivity index (χ4n) is 2.81. The predicted octanol–water partition coefficient (Wildman–Crippen LogP) is 4.42. The minimum Gasteiger partial charge on any atom is -0.493 e. The summed E-state index contributed by atoms with van der Waals surface area (Å²) in [7, 11) is 0. The van der Waals surface area contributed by atoms with Crippen molar-refractivity contribution in [3.63, 3.8) is 0 Å². The molecule has 0 spiro atoms. The van der Waals surface area contributed by atoms with Crippen LogP contribution in [0, 0.1) is 5.92 Å². The van der Waals surface area contributed by atoms with E-state index in [4.69, 9.17) is 4.74 Å². The normalized spacial score (nSPS) is 19.6. The van der Waals surface area contributed by atoms with Gasteiger partial charge >= 0.3 is 6.30 Å². The molecule has 0 aromatic heterocycles. The number of ether oxygens (including phenoxy) is 1. The van der Waals surface area contributed by atoms with Gasteiger partial charge in [-0.2, -0.15) is 13.2 Å². The predicted molar refractivity (Wildman–Crippen MR) is 82.5 cm³/mol. The molecule has 1 aromatic rings. The van der Waals surface area contributed by atoms with Gasteiger partial charge in [-0.05, 0) is 42.9 Å². The smallest absolute Gasteiger partial charge is 0.457 e. The number of halogens is 5. The molecule has 1 fully saturated rings. The Hall–Kier alpha value is -1.41. The van der Waals surface area contributed by atoms with Crippen LogP contribution in [0.4, 0.5) is 22.0 Å². The largest absolute Gasteiger partial charge is 0.493 e. The number of nitrogens with one attached hydrogen (secondary N) is 1. The summed E-state index contributed by atoms with van der Waals surface area (Å²) in [5, 5.41) is 11.3. The molecule has 142 valence electrons. The maximum absolute atomic E-state index is 13.1. The second-order valence-corrected chi connectivity index (χ2v) is 6.41. The van der Waals surface area contributed by atoms with E-state index in [2.05, 4.69) is 0 Å². The minimum absolute atomic E-state index is 0.0594. The number of benzene rings is 1. The highest BCUT2D eigenvalue weighted by atomic mass is 19.4. The number of alkyl halides is 5. The van der Waals surface area contributed by atoms with Crippen LogP contribution >= 0.6 is 0 Å². The van der Waals surface area contributed by atoms with E-state index in [0.717, 1.165) is 0 Å². The first kappa shape index (κ1) is 19.9. The van der Waals surface area contributed by atoms with E-state index >= 15 is 0 Å². The van der Waals surface area contributed by atoms with Crippen molar-refractivity contribution in [2.75, 3.05) is 13.2 Å². The van der Waals surface area contributed by atoms with Crippen LogP contribution in [0.1, 0.15) is 43.8 Å². The second kappa shape index (κ2) is 8.31. The van der Waals surface area contributed by atoms with Crippen molar-refractivity contribution in [1.82, 2.24) is 5.32 Å². The van der Waals surface area contributed by atoms with E-state index in [1.807, 2.05) is 0 Å². The second-order valence-electron chi connectivity index (χ2n) is 6.41. The topological polar surface area (TPSA) is 41.5 Å². The Bertz CT molecular complexity index is 540. The number of hydrogen-bond donors (Lipinski definition) is 2. The Morgan fingerprint density at radius 3 is 2.56 bits per heavy atom. The standard InChI is InChI=1S/C17H22F5NO2/c18-16(19)7-4-12(5-8-16)11-25-14-3-1-2-13(10-14)15(24)6-9-23-17(20,21)22/h1-3,10,12,15,23-24H,4-9,11H2/t15-/m1/s1. The maximum atomic E-state index is 13.1. The first-order chi connectivity index (χ1) is 11.6. The average molecular weight is 367 g/mol. The van der Waals surface area contributed by atoms with Gasteiger partial charge in [0.2, 0.25) is 5.92 Å². The van der Waals surface area contributed by atoms with Gasteiger partial charge in [0, 0.05) is 19.4 Å². The van der Waals surface area contributed by atoms with Crippen molar-refractivity contribution in [2.45, 2.75) is 50.4 Å². The van der Waals surface area contributed by atoms with E-state index in [9.17, 15) is 27.1 Å². The molecule has 0 aliphatic heterocycles. The number of hydrogen-bond acceptors (Lipinski definition) is 3. The lowest BCUT2D eigenvalue weighted by atomic mass is 9.87. The summed E-state index contributed by atoms with van der Waals surface area (Å²) in [6.45, 7) is -0.0860. The number of rotatable bonds is 7. The minimum atomic E-state index is -4.47. The molecule has 1 atom stereocenters. The molecule has 0 heterocycles. The van der Waals surface area contributed by atoms with Gasteiger partial charge in [-0.3, -0.25) is 0 Å². The molecule has 0 radical (unpaired) electrons. The Morgan fingerprint density at radius 2 is 1.92 bits per heavy atom. The first-order valence-electron chi connectivity index (χ1n) is 8.25. The van der Waals surface area contributed by atoms with Crippen LogP contribution in [-0.2, 0) is 0 Å². The highest BCUT2D eigenvalue weighted by Crippen LogP contribution is 2.36. The van der Waals surface area contributed by atoms with E-state index in [1.54, 1.807) is 24.3 Å². The summed E-state index contributed by atoms with van der Waals surface area (Å²) in [6.07, 6.45) is -5.08. The third-order valence-corrected chi connectivity index (χ3v) is 4.31. The summed E-state index contributed by atoms with van der Waals surface area (Å²) in [4.78, 5) is 0. The molecule has 0 amide bonds. The van der Waals surface area contributed by atoms with Crippen molar-refractivity contribution < 1.29 is 31.8 Å². The average Bonchev–Trinajstić information content (AvgIpc) is 2.53. The fourth-order valence-corrected chi connectivity index (χ4v) is 2.81. The molecular weight excluding hydrogens is 345 g/mol. The summed E-state index contributed by atoms with van der Waals surface area (Å²) >= 11 is 0. The molecule has 2 rings (SSSR count). The lowest BCUT2D eigenvalue weighted by molar-refractivity contribution is -0.157. The monoisotopic (exact) mass is 367 g/mol. The van der Waals surface area contributed by atoms with Gasteiger partial charge in [-0.1, -0.05) is 12.1 Å². The van der Waals surface area contributed by atoms with Crippen LogP contribution in [0.3, 0.4) is 0 Å². The van der Waals surface area contributed by atoms with Gasteiger partial charge in [0.15, 0.2) is 0 Å². The SMILES string of the molecule is O[C@H](CCNC(F)(F)F)c1cccc(OCC2CCC(F)(F)CC2)c1. The van der Waals surface area contributed by atoms with E-state index in [-0.39, 0.29) is 25.2 Å². The lowest BCUT2D eigenvalue weighted by Gasteiger charge is -2.28. The van der Waals surface area contributed by atoms with Crippen molar-refractivity contribution in [1.29, 1.82) is 0 Å². The van der Waals surface area contributed by atoms with Gasteiger partial charge in [0.1, 0.15) is 5.75 Å². The molecule has 0 unspecified atom stereocenters. The molecule has 1 aliphatic rings. The van der Waals surface area contributed by atoms with Gasteiger partial charge in [-0.25, -0.2) is 14.1 Å².